The molecule has 4 heteroatoms. The number of hydrogen-bond acceptors (Lipinski definition) is 1. The standard InChI is InChI=1S/C6H13ClNOP/c1-4-8(5-2)10(7,9)6-3/h6H,3-5H2,1-2H3. The van der Waals surface area contributed by atoms with Crippen molar-refractivity contribution in [2.24, 2.45) is 0 Å². The Morgan fingerprint density at radius 1 is 1.60 bits per heavy atom. The number of halogens is 1. The first-order valence-corrected chi connectivity index (χ1v) is 5.90. The highest BCUT2D eigenvalue weighted by atomic mass is 35.7. The van der Waals surface area contributed by atoms with E-state index in [2.05, 4.69) is 6.58 Å². The Morgan fingerprint density at radius 3 is 2.10 bits per heavy atom. The van der Waals surface area contributed by atoms with Crippen LogP contribution < -0.4 is 0 Å². The Bertz CT molecular complexity index is 156. The highest BCUT2D eigenvalue weighted by molar-refractivity contribution is 7.89. The fourth-order valence-electron chi connectivity index (χ4n) is 0.725. The molecule has 0 aliphatic heterocycles. The van der Waals surface area contributed by atoms with E-state index >= 15 is 0 Å². The van der Waals surface area contributed by atoms with Gasteiger partial charge in [-0.05, 0) is 17.1 Å². The van der Waals surface area contributed by atoms with Crippen LogP contribution in [-0.4, -0.2) is 17.8 Å². The van der Waals surface area contributed by atoms with Gasteiger partial charge in [0.05, 0.1) is 0 Å². The minimum Gasteiger partial charge on any atom is -0.284 e. The molecule has 0 aromatic carbocycles. The van der Waals surface area contributed by atoms with Gasteiger partial charge in [-0.3, -0.25) is 4.57 Å². The van der Waals surface area contributed by atoms with Crippen LogP contribution in [0.5, 0.6) is 0 Å². The minimum absolute atomic E-state index is 0.698. The normalized spacial score (nSPS) is 16.8. The van der Waals surface area contributed by atoms with Gasteiger partial charge in [-0.2, -0.15) is 0 Å². The van der Waals surface area contributed by atoms with Crippen LogP contribution in [0.2, 0.25) is 0 Å². The maximum absolute atomic E-state index is 11.3. The van der Waals surface area contributed by atoms with Crippen molar-refractivity contribution in [3.63, 3.8) is 0 Å². The average molecular weight is 182 g/mol. The predicted molar refractivity (Wildman–Crippen MR) is 46.6 cm³/mol. The summed E-state index contributed by atoms with van der Waals surface area (Å²) < 4.78 is 13.0. The van der Waals surface area contributed by atoms with Gasteiger partial charge >= 0.3 is 0 Å². The van der Waals surface area contributed by atoms with Gasteiger partial charge in [-0.1, -0.05) is 20.4 Å². The second-order valence-corrected chi connectivity index (χ2v) is 5.34. The van der Waals surface area contributed by atoms with Gasteiger partial charge in [-0.15, -0.1) is 0 Å². The molecule has 0 amide bonds. The van der Waals surface area contributed by atoms with Crippen molar-refractivity contribution in [2.45, 2.75) is 13.8 Å². The van der Waals surface area contributed by atoms with Crippen LogP contribution >= 0.6 is 17.9 Å². The summed E-state index contributed by atoms with van der Waals surface area (Å²) in [4.78, 5) is 0. The molecule has 0 aromatic heterocycles. The van der Waals surface area contributed by atoms with E-state index in [1.54, 1.807) is 4.67 Å². The quantitative estimate of drug-likeness (QED) is 0.622. The Hall–Kier alpha value is 0.220. The third kappa shape index (κ3) is 2.45. The maximum atomic E-state index is 11.3. The molecular weight excluding hydrogens is 168 g/mol. The van der Waals surface area contributed by atoms with Gasteiger partial charge in [0.25, 0.3) is 6.65 Å². The van der Waals surface area contributed by atoms with Crippen LogP contribution in [0.15, 0.2) is 12.4 Å². The van der Waals surface area contributed by atoms with Crippen molar-refractivity contribution in [1.82, 2.24) is 4.67 Å². The monoisotopic (exact) mass is 181 g/mol. The van der Waals surface area contributed by atoms with E-state index in [1.807, 2.05) is 13.8 Å². The second-order valence-electron chi connectivity index (χ2n) is 1.87. The molecule has 60 valence electrons. The zero-order valence-corrected chi connectivity index (χ0v) is 8.03. The number of hydrogen-bond donors (Lipinski definition) is 0. The van der Waals surface area contributed by atoms with E-state index in [0.29, 0.717) is 13.1 Å². The van der Waals surface area contributed by atoms with Crippen LogP contribution in [0.1, 0.15) is 13.8 Å². The molecule has 0 spiro atoms. The minimum atomic E-state index is -2.71. The zero-order chi connectivity index (χ0) is 8.20. The number of nitrogens with zero attached hydrogens (tertiary/aromatic N) is 1. The van der Waals surface area contributed by atoms with Crippen molar-refractivity contribution < 1.29 is 4.57 Å². The van der Waals surface area contributed by atoms with E-state index in [4.69, 9.17) is 11.2 Å². The summed E-state index contributed by atoms with van der Waals surface area (Å²) in [5.74, 6) is 1.32. The van der Waals surface area contributed by atoms with E-state index in [-0.39, 0.29) is 0 Å². The Kier molecular flexibility index (Phi) is 4.26. The number of rotatable bonds is 4. The molecule has 10 heavy (non-hydrogen) atoms. The molecule has 0 aromatic rings. The van der Waals surface area contributed by atoms with Gasteiger partial charge in [-0.25, -0.2) is 4.67 Å². The van der Waals surface area contributed by atoms with Crippen LogP contribution in [-0.2, 0) is 4.57 Å². The van der Waals surface area contributed by atoms with Gasteiger partial charge < -0.3 is 0 Å². The predicted octanol–water partition coefficient (Wildman–Crippen LogP) is 2.90. The van der Waals surface area contributed by atoms with Crippen LogP contribution in [0, 0.1) is 0 Å². The topological polar surface area (TPSA) is 20.3 Å². The summed E-state index contributed by atoms with van der Waals surface area (Å²) in [6, 6.07) is 0. The molecule has 0 rings (SSSR count). The fraction of sp³-hybridized carbons (Fsp3) is 0.667. The van der Waals surface area contributed by atoms with Crippen molar-refractivity contribution in [2.75, 3.05) is 13.1 Å². The third-order valence-electron chi connectivity index (χ3n) is 1.34. The van der Waals surface area contributed by atoms with Crippen molar-refractivity contribution in [3.8, 4) is 0 Å². The SMILES string of the molecule is C=CP(=O)(Cl)N(CC)CC. The molecule has 0 saturated heterocycles. The highest BCUT2D eigenvalue weighted by Crippen LogP contribution is 2.55. The molecule has 0 aliphatic carbocycles. The van der Waals surface area contributed by atoms with Crippen LogP contribution in [0.3, 0.4) is 0 Å². The zero-order valence-electron chi connectivity index (χ0n) is 6.38. The van der Waals surface area contributed by atoms with E-state index < -0.39 is 6.65 Å². The maximum Gasteiger partial charge on any atom is 0.256 e. The Balaban J connectivity index is 4.26. The molecule has 0 saturated carbocycles. The van der Waals surface area contributed by atoms with Crippen molar-refractivity contribution in [1.29, 1.82) is 0 Å². The molecule has 0 bridgehead atoms. The molecule has 0 aliphatic rings. The van der Waals surface area contributed by atoms with E-state index in [0.717, 1.165) is 0 Å². The lowest BCUT2D eigenvalue weighted by Crippen LogP contribution is -2.15. The van der Waals surface area contributed by atoms with E-state index in [9.17, 15) is 4.57 Å². The lowest BCUT2D eigenvalue weighted by Gasteiger charge is -2.20. The third-order valence-corrected chi connectivity index (χ3v) is 4.18. The molecule has 0 heterocycles. The summed E-state index contributed by atoms with van der Waals surface area (Å²) in [6.45, 7) is 5.93. The summed E-state index contributed by atoms with van der Waals surface area (Å²) in [5, 5.41) is 0. The lowest BCUT2D eigenvalue weighted by atomic mass is 10.7. The molecule has 0 N–H and O–H groups in total. The van der Waals surface area contributed by atoms with Crippen LogP contribution in [0.4, 0.5) is 0 Å². The fourth-order valence-corrected chi connectivity index (χ4v) is 2.37. The second kappa shape index (κ2) is 4.17. The largest absolute Gasteiger partial charge is 0.284 e. The first-order chi connectivity index (χ1) is 4.58. The molecular formula is C6H13ClNOP. The van der Waals surface area contributed by atoms with Crippen LogP contribution in [0.25, 0.3) is 0 Å². The summed E-state index contributed by atoms with van der Waals surface area (Å²) in [6.07, 6.45) is 0. The molecule has 1 atom stereocenters. The lowest BCUT2D eigenvalue weighted by molar-refractivity contribution is 0.462. The summed E-state index contributed by atoms with van der Waals surface area (Å²) in [5.41, 5.74) is 0. The van der Waals surface area contributed by atoms with Gasteiger partial charge in [0, 0.05) is 13.1 Å². The summed E-state index contributed by atoms with van der Waals surface area (Å²) in [7, 11) is 0. The highest BCUT2D eigenvalue weighted by Gasteiger charge is 2.20. The molecule has 1 unspecified atom stereocenters. The smallest absolute Gasteiger partial charge is 0.256 e. The van der Waals surface area contributed by atoms with Crippen molar-refractivity contribution >= 4 is 17.9 Å². The Labute approximate surface area is 67.1 Å². The summed E-state index contributed by atoms with van der Waals surface area (Å²) >= 11 is 5.65. The van der Waals surface area contributed by atoms with E-state index in [1.165, 1.54) is 5.82 Å². The molecule has 0 fully saturated rings. The average Bonchev–Trinajstić information content (AvgIpc) is 1.90. The van der Waals surface area contributed by atoms with Gasteiger partial charge in [0.2, 0.25) is 0 Å². The van der Waals surface area contributed by atoms with Gasteiger partial charge in [0.1, 0.15) is 0 Å². The Morgan fingerprint density at radius 2 is 2.00 bits per heavy atom. The first kappa shape index (κ1) is 10.2. The first-order valence-electron chi connectivity index (χ1n) is 3.26. The van der Waals surface area contributed by atoms with Crippen molar-refractivity contribution in [3.05, 3.63) is 12.4 Å². The van der Waals surface area contributed by atoms with Gasteiger partial charge in [0.15, 0.2) is 0 Å². The molecule has 0 radical (unpaired) electrons. The molecule has 2 nitrogen and oxygen atoms in total.